The molecule has 1 aliphatic heterocycles. The SMILES string of the molecule is CC(C)(O)CN1c2ccccc2CC1(c1ccccc1)S(=O)(=O)O. The van der Waals surface area contributed by atoms with Gasteiger partial charge in [0.1, 0.15) is 0 Å². The van der Waals surface area contributed by atoms with Crippen LogP contribution in [0, 0.1) is 0 Å². The summed E-state index contributed by atoms with van der Waals surface area (Å²) in [5.74, 6) is 0. The van der Waals surface area contributed by atoms with Gasteiger partial charge in [-0.3, -0.25) is 4.55 Å². The van der Waals surface area contributed by atoms with Crippen molar-refractivity contribution in [1.82, 2.24) is 0 Å². The monoisotopic (exact) mass is 347 g/mol. The number of anilines is 1. The number of fused-ring (bicyclic) bond motifs is 1. The summed E-state index contributed by atoms with van der Waals surface area (Å²) < 4.78 is 35.3. The lowest BCUT2D eigenvalue weighted by atomic mass is 10.0. The highest BCUT2D eigenvalue weighted by molar-refractivity contribution is 7.87. The molecule has 0 spiro atoms. The highest BCUT2D eigenvalue weighted by atomic mass is 32.2. The molecule has 6 heteroatoms. The maximum absolute atomic E-state index is 12.6. The van der Waals surface area contributed by atoms with Crippen molar-refractivity contribution in [3.63, 3.8) is 0 Å². The maximum Gasteiger partial charge on any atom is 0.294 e. The van der Waals surface area contributed by atoms with Gasteiger partial charge in [0, 0.05) is 18.7 Å². The van der Waals surface area contributed by atoms with Gasteiger partial charge in [0.2, 0.25) is 0 Å². The van der Waals surface area contributed by atoms with E-state index in [0.717, 1.165) is 5.56 Å². The first-order valence-electron chi connectivity index (χ1n) is 7.76. The second-order valence-electron chi connectivity index (χ2n) is 6.83. The molecule has 0 fully saturated rings. The van der Waals surface area contributed by atoms with Gasteiger partial charge < -0.3 is 10.0 Å². The molecule has 0 amide bonds. The molecular formula is C18H21NO4S. The largest absolute Gasteiger partial charge is 0.389 e. The summed E-state index contributed by atoms with van der Waals surface area (Å²) in [6.45, 7) is 3.31. The fourth-order valence-corrected chi connectivity index (χ4v) is 4.62. The fraction of sp³-hybridized carbons (Fsp3) is 0.333. The van der Waals surface area contributed by atoms with E-state index >= 15 is 0 Å². The highest BCUT2D eigenvalue weighted by Gasteiger charge is 2.55. The molecule has 2 aromatic rings. The summed E-state index contributed by atoms with van der Waals surface area (Å²) in [5, 5.41) is 10.3. The predicted molar refractivity (Wildman–Crippen MR) is 93.5 cm³/mol. The third kappa shape index (κ3) is 2.70. The van der Waals surface area contributed by atoms with Crippen LogP contribution in [0.5, 0.6) is 0 Å². The Kier molecular flexibility index (Phi) is 3.94. The second-order valence-corrected chi connectivity index (χ2v) is 8.46. The normalized spacial score (nSPS) is 20.9. The molecule has 3 rings (SSSR count). The zero-order chi connectivity index (χ0) is 17.6. The van der Waals surface area contributed by atoms with E-state index in [9.17, 15) is 18.1 Å². The number of nitrogens with zero attached hydrogens (tertiary/aromatic N) is 1. The lowest BCUT2D eigenvalue weighted by Crippen LogP contribution is -2.54. The maximum atomic E-state index is 12.6. The molecule has 5 nitrogen and oxygen atoms in total. The van der Waals surface area contributed by atoms with Crippen LogP contribution in [0.15, 0.2) is 54.6 Å². The van der Waals surface area contributed by atoms with Crippen LogP contribution >= 0.6 is 0 Å². The van der Waals surface area contributed by atoms with E-state index in [1.54, 1.807) is 49.1 Å². The predicted octanol–water partition coefficient (Wildman–Crippen LogP) is 2.56. The Labute approximate surface area is 142 Å². The van der Waals surface area contributed by atoms with Crippen molar-refractivity contribution >= 4 is 15.8 Å². The van der Waals surface area contributed by atoms with Gasteiger partial charge in [0.15, 0.2) is 4.87 Å². The van der Waals surface area contributed by atoms with Crippen LogP contribution < -0.4 is 4.90 Å². The minimum atomic E-state index is -4.49. The van der Waals surface area contributed by atoms with Crippen molar-refractivity contribution in [2.45, 2.75) is 30.7 Å². The molecule has 0 saturated heterocycles. The zero-order valence-corrected chi connectivity index (χ0v) is 14.5. The number of para-hydroxylation sites is 1. The van der Waals surface area contributed by atoms with Crippen molar-refractivity contribution in [3.05, 3.63) is 65.7 Å². The van der Waals surface area contributed by atoms with E-state index in [4.69, 9.17) is 0 Å². The van der Waals surface area contributed by atoms with Crippen molar-refractivity contribution in [2.24, 2.45) is 0 Å². The zero-order valence-electron chi connectivity index (χ0n) is 13.7. The molecule has 0 saturated carbocycles. The topological polar surface area (TPSA) is 77.8 Å². The van der Waals surface area contributed by atoms with E-state index in [0.29, 0.717) is 11.3 Å². The van der Waals surface area contributed by atoms with Gasteiger partial charge in [-0.1, -0.05) is 48.5 Å². The van der Waals surface area contributed by atoms with Crippen molar-refractivity contribution in [2.75, 3.05) is 11.4 Å². The van der Waals surface area contributed by atoms with Gasteiger partial charge in [-0.15, -0.1) is 0 Å². The number of hydrogen-bond donors (Lipinski definition) is 2. The Morgan fingerprint density at radius 3 is 2.25 bits per heavy atom. The number of β-amino-alcohol motifs (C(OH)–C–C–N with tert-alkyl or cyclic N) is 1. The molecule has 1 aliphatic rings. The summed E-state index contributed by atoms with van der Waals surface area (Å²) >= 11 is 0. The van der Waals surface area contributed by atoms with E-state index in [1.807, 2.05) is 24.3 Å². The molecule has 2 N–H and O–H groups in total. The van der Waals surface area contributed by atoms with Gasteiger partial charge in [-0.05, 0) is 31.0 Å². The molecule has 0 radical (unpaired) electrons. The Bertz CT molecular complexity index is 843. The van der Waals surface area contributed by atoms with E-state index in [1.165, 1.54) is 0 Å². The smallest absolute Gasteiger partial charge is 0.294 e. The van der Waals surface area contributed by atoms with E-state index in [2.05, 4.69) is 0 Å². The number of rotatable bonds is 4. The number of aliphatic hydroxyl groups is 1. The molecule has 1 heterocycles. The number of benzene rings is 2. The van der Waals surface area contributed by atoms with Crippen LogP contribution in [-0.2, 0) is 21.4 Å². The van der Waals surface area contributed by atoms with Crippen molar-refractivity contribution in [1.29, 1.82) is 0 Å². The van der Waals surface area contributed by atoms with Gasteiger partial charge in [0.25, 0.3) is 10.1 Å². The minimum absolute atomic E-state index is 0.0682. The van der Waals surface area contributed by atoms with E-state index < -0.39 is 20.6 Å². The Morgan fingerprint density at radius 1 is 1.08 bits per heavy atom. The Hall–Kier alpha value is -1.89. The van der Waals surface area contributed by atoms with Gasteiger partial charge in [-0.2, -0.15) is 8.42 Å². The fourth-order valence-electron chi connectivity index (χ4n) is 3.41. The van der Waals surface area contributed by atoms with E-state index in [-0.39, 0.29) is 13.0 Å². The standard InChI is InChI=1S/C18H21NO4S/c1-17(2,20)13-19-16-11-7-6-8-14(16)12-18(19,24(21,22)23)15-9-4-3-5-10-15/h3-11,20H,12-13H2,1-2H3,(H,21,22,23). The van der Waals surface area contributed by atoms with Crippen LogP contribution in [-0.4, -0.2) is 30.2 Å². The lowest BCUT2D eigenvalue weighted by Gasteiger charge is -2.40. The van der Waals surface area contributed by atoms with Crippen molar-refractivity contribution < 1.29 is 18.1 Å². The molecule has 24 heavy (non-hydrogen) atoms. The molecule has 128 valence electrons. The summed E-state index contributed by atoms with van der Waals surface area (Å²) in [6, 6.07) is 16.0. The quantitative estimate of drug-likeness (QED) is 0.831. The molecule has 0 aliphatic carbocycles. The summed E-state index contributed by atoms with van der Waals surface area (Å²) in [7, 11) is -4.49. The second kappa shape index (κ2) is 5.58. The average molecular weight is 347 g/mol. The molecule has 2 aromatic carbocycles. The lowest BCUT2D eigenvalue weighted by molar-refractivity contribution is 0.0842. The third-order valence-electron chi connectivity index (χ3n) is 4.35. The first-order chi connectivity index (χ1) is 11.2. The Morgan fingerprint density at radius 2 is 1.67 bits per heavy atom. The van der Waals surface area contributed by atoms with Crippen molar-refractivity contribution in [3.8, 4) is 0 Å². The van der Waals surface area contributed by atoms with Crippen LogP contribution in [0.1, 0.15) is 25.0 Å². The molecule has 0 bridgehead atoms. The molecular weight excluding hydrogens is 326 g/mol. The third-order valence-corrected chi connectivity index (χ3v) is 5.80. The average Bonchev–Trinajstić information content (AvgIpc) is 2.82. The molecule has 0 aromatic heterocycles. The first kappa shape index (κ1) is 17.0. The Balaban J connectivity index is 2.28. The van der Waals surface area contributed by atoms with Crippen LogP contribution in [0.3, 0.4) is 0 Å². The van der Waals surface area contributed by atoms with Crippen LogP contribution in [0.2, 0.25) is 0 Å². The van der Waals surface area contributed by atoms with Crippen LogP contribution in [0.4, 0.5) is 5.69 Å². The molecule has 1 unspecified atom stereocenters. The van der Waals surface area contributed by atoms with Gasteiger partial charge in [-0.25, -0.2) is 0 Å². The van der Waals surface area contributed by atoms with Gasteiger partial charge in [0.05, 0.1) is 5.60 Å². The number of hydrogen-bond acceptors (Lipinski definition) is 4. The minimum Gasteiger partial charge on any atom is -0.389 e. The summed E-state index contributed by atoms with van der Waals surface area (Å²) in [5.41, 5.74) is 0.875. The summed E-state index contributed by atoms with van der Waals surface area (Å²) in [4.78, 5) is -0.0368. The van der Waals surface area contributed by atoms with Crippen LogP contribution in [0.25, 0.3) is 0 Å². The highest BCUT2D eigenvalue weighted by Crippen LogP contribution is 2.48. The summed E-state index contributed by atoms with van der Waals surface area (Å²) in [6.07, 6.45) is 0.127. The molecule has 1 atom stereocenters. The van der Waals surface area contributed by atoms with Gasteiger partial charge >= 0.3 is 0 Å². The first-order valence-corrected chi connectivity index (χ1v) is 9.20.